The van der Waals surface area contributed by atoms with Crippen LogP contribution in [0, 0.1) is 0 Å². The third-order valence-electron chi connectivity index (χ3n) is 2.47. The molecule has 5 nitrogen and oxygen atoms in total. The summed E-state index contributed by atoms with van der Waals surface area (Å²) < 4.78 is 1.78. The Labute approximate surface area is 80.6 Å². The van der Waals surface area contributed by atoms with Gasteiger partial charge in [-0.05, 0) is 6.07 Å². The van der Waals surface area contributed by atoms with E-state index < -0.39 is 0 Å². The van der Waals surface area contributed by atoms with Gasteiger partial charge in [0.1, 0.15) is 5.52 Å². The van der Waals surface area contributed by atoms with Gasteiger partial charge in [0.2, 0.25) is 0 Å². The molecule has 14 heavy (non-hydrogen) atoms. The third-order valence-corrected chi connectivity index (χ3v) is 2.47. The van der Waals surface area contributed by atoms with E-state index in [9.17, 15) is 5.11 Å². The van der Waals surface area contributed by atoms with E-state index in [0.29, 0.717) is 13.1 Å². The largest absolute Gasteiger partial charge is 0.389 e. The lowest BCUT2D eigenvalue weighted by Crippen LogP contribution is -2.51. The maximum absolute atomic E-state index is 9.21. The summed E-state index contributed by atoms with van der Waals surface area (Å²) in [6.07, 6.45) is 5.08. The third kappa shape index (κ3) is 0.990. The molecule has 2 aromatic heterocycles. The molecule has 0 aromatic carbocycles. The molecule has 1 N–H and O–H groups in total. The van der Waals surface area contributed by atoms with Gasteiger partial charge in [-0.15, -0.1) is 0 Å². The Hall–Kier alpha value is -1.62. The Balaban J connectivity index is 2.07. The SMILES string of the molecule is OC1CN(c2nccn3nccc23)C1. The molecular formula is C9H10N4O. The van der Waals surface area contributed by atoms with Gasteiger partial charge in [0.25, 0.3) is 0 Å². The van der Waals surface area contributed by atoms with E-state index in [1.54, 1.807) is 16.9 Å². The lowest BCUT2D eigenvalue weighted by molar-refractivity contribution is 0.141. The number of aliphatic hydroxyl groups excluding tert-OH is 1. The number of rotatable bonds is 1. The number of nitrogens with zero attached hydrogens (tertiary/aromatic N) is 4. The first-order valence-corrected chi connectivity index (χ1v) is 4.56. The summed E-state index contributed by atoms with van der Waals surface area (Å²) in [6, 6.07) is 1.92. The fourth-order valence-electron chi connectivity index (χ4n) is 1.72. The summed E-state index contributed by atoms with van der Waals surface area (Å²) in [7, 11) is 0. The predicted molar refractivity (Wildman–Crippen MR) is 51.2 cm³/mol. The van der Waals surface area contributed by atoms with Crippen molar-refractivity contribution < 1.29 is 5.11 Å². The van der Waals surface area contributed by atoms with Crippen LogP contribution < -0.4 is 4.90 Å². The van der Waals surface area contributed by atoms with Crippen molar-refractivity contribution in [1.82, 2.24) is 14.6 Å². The molecule has 0 saturated carbocycles. The Morgan fingerprint density at radius 2 is 2.21 bits per heavy atom. The lowest BCUT2D eigenvalue weighted by Gasteiger charge is -2.36. The van der Waals surface area contributed by atoms with Crippen LogP contribution in [0.1, 0.15) is 0 Å². The second kappa shape index (κ2) is 2.68. The number of fused-ring (bicyclic) bond motifs is 1. The standard InChI is InChI=1S/C9H10N4O/c14-7-5-12(6-7)9-8-1-2-11-13(8)4-3-10-9/h1-4,7,14H,5-6H2. The maximum atomic E-state index is 9.21. The number of anilines is 1. The van der Waals surface area contributed by atoms with Crippen molar-refractivity contribution in [2.45, 2.75) is 6.10 Å². The van der Waals surface area contributed by atoms with Crippen LogP contribution in [-0.2, 0) is 0 Å². The molecule has 3 rings (SSSR count). The summed E-state index contributed by atoms with van der Waals surface area (Å²) in [6.45, 7) is 1.33. The molecular weight excluding hydrogens is 180 g/mol. The minimum absolute atomic E-state index is 0.208. The van der Waals surface area contributed by atoms with Crippen molar-refractivity contribution in [1.29, 1.82) is 0 Å². The average Bonchev–Trinajstić information content (AvgIpc) is 2.60. The molecule has 3 heterocycles. The maximum Gasteiger partial charge on any atom is 0.154 e. The Kier molecular flexibility index (Phi) is 1.49. The van der Waals surface area contributed by atoms with E-state index in [0.717, 1.165) is 11.3 Å². The average molecular weight is 190 g/mol. The highest BCUT2D eigenvalue weighted by Crippen LogP contribution is 2.22. The number of β-amino-alcohol motifs (C(OH)–C–C–N with tert-alkyl or cyclic N) is 1. The highest BCUT2D eigenvalue weighted by atomic mass is 16.3. The number of aliphatic hydroxyl groups is 1. The summed E-state index contributed by atoms with van der Waals surface area (Å²) in [4.78, 5) is 6.33. The topological polar surface area (TPSA) is 53.7 Å². The summed E-state index contributed by atoms with van der Waals surface area (Å²) in [5.74, 6) is 0.898. The predicted octanol–water partition coefficient (Wildman–Crippen LogP) is -0.0898. The molecule has 1 aliphatic heterocycles. The van der Waals surface area contributed by atoms with Crippen molar-refractivity contribution >= 4 is 11.3 Å². The Morgan fingerprint density at radius 1 is 1.36 bits per heavy atom. The van der Waals surface area contributed by atoms with Gasteiger partial charge in [-0.25, -0.2) is 9.50 Å². The molecule has 1 fully saturated rings. The van der Waals surface area contributed by atoms with Crippen LogP contribution in [0.3, 0.4) is 0 Å². The lowest BCUT2D eigenvalue weighted by atomic mass is 10.2. The first-order chi connectivity index (χ1) is 6.84. The second-order valence-electron chi connectivity index (χ2n) is 3.47. The molecule has 0 atom stereocenters. The van der Waals surface area contributed by atoms with Crippen LogP contribution in [0.5, 0.6) is 0 Å². The van der Waals surface area contributed by atoms with Gasteiger partial charge in [0.15, 0.2) is 5.82 Å². The minimum atomic E-state index is -0.208. The van der Waals surface area contributed by atoms with Crippen molar-refractivity contribution in [3.63, 3.8) is 0 Å². The first kappa shape index (κ1) is 7.75. The van der Waals surface area contributed by atoms with E-state index in [1.807, 2.05) is 17.2 Å². The Morgan fingerprint density at radius 3 is 3.00 bits per heavy atom. The summed E-state index contributed by atoms with van der Waals surface area (Å²) >= 11 is 0. The molecule has 1 saturated heterocycles. The summed E-state index contributed by atoms with van der Waals surface area (Å²) in [5, 5.41) is 13.3. The minimum Gasteiger partial charge on any atom is -0.389 e. The first-order valence-electron chi connectivity index (χ1n) is 4.56. The van der Waals surface area contributed by atoms with Gasteiger partial charge in [0, 0.05) is 25.5 Å². The molecule has 0 spiro atoms. The molecule has 0 radical (unpaired) electrons. The molecule has 2 aromatic rings. The van der Waals surface area contributed by atoms with Crippen LogP contribution in [0.15, 0.2) is 24.7 Å². The van der Waals surface area contributed by atoms with Gasteiger partial charge in [-0.1, -0.05) is 0 Å². The molecule has 0 bridgehead atoms. The fraction of sp³-hybridized carbons (Fsp3) is 0.333. The number of hydrogen-bond acceptors (Lipinski definition) is 4. The van der Waals surface area contributed by atoms with Crippen LogP contribution in [0.4, 0.5) is 5.82 Å². The molecule has 5 heteroatoms. The van der Waals surface area contributed by atoms with Crippen molar-refractivity contribution in [2.24, 2.45) is 0 Å². The Bertz CT molecular complexity index is 461. The molecule has 0 aliphatic carbocycles. The van der Waals surface area contributed by atoms with E-state index in [2.05, 4.69) is 10.1 Å². The number of aromatic nitrogens is 3. The highest BCUT2D eigenvalue weighted by Gasteiger charge is 2.26. The van der Waals surface area contributed by atoms with E-state index in [4.69, 9.17) is 0 Å². The normalized spacial score (nSPS) is 17.4. The van der Waals surface area contributed by atoms with Crippen LogP contribution >= 0.6 is 0 Å². The smallest absolute Gasteiger partial charge is 0.154 e. The quantitative estimate of drug-likeness (QED) is 0.682. The van der Waals surface area contributed by atoms with Crippen LogP contribution in [0.25, 0.3) is 5.52 Å². The molecule has 0 unspecified atom stereocenters. The fourth-order valence-corrected chi connectivity index (χ4v) is 1.72. The van der Waals surface area contributed by atoms with Crippen molar-refractivity contribution in [3.8, 4) is 0 Å². The molecule has 72 valence electrons. The van der Waals surface area contributed by atoms with Gasteiger partial charge in [-0.2, -0.15) is 5.10 Å². The van der Waals surface area contributed by atoms with E-state index in [1.165, 1.54) is 0 Å². The van der Waals surface area contributed by atoms with Gasteiger partial charge in [0.05, 0.1) is 12.3 Å². The highest BCUT2D eigenvalue weighted by molar-refractivity contribution is 5.69. The molecule has 1 aliphatic rings. The van der Waals surface area contributed by atoms with E-state index in [-0.39, 0.29) is 6.10 Å². The van der Waals surface area contributed by atoms with Crippen molar-refractivity contribution in [2.75, 3.05) is 18.0 Å². The van der Waals surface area contributed by atoms with Gasteiger partial charge >= 0.3 is 0 Å². The van der Waals surface area contributed by atoms with Crippen LogP contribution in [0.2, 0.25) is 0 Å². The molecule has 0 amide bonds. The summed E-state index contributed by atoms with van der Waals surface area (Å²) in [5.41, 5.74) is 0.986. The zero-order valence-electron chi connectivity index (χ0n) is 7.54. The zero-order chi connectivity index (χ0) is 9.54. The number of hydrogen-bond donors (Lipinski definition) is 1. The second-order valence-corrected chi connectivity index (χ2v) is 3.47. The van der Waals surface area contributed by atoms with Gasteiger partial charge in [-0.3, -0.25) is 0 Å². The zero-order valence-corrected chi connectivity index (χ0v) is 7.54. The monoisotopic (exact) mass is 190 g/mol. The van der Waals surface area contributed by atoms with Crippen molar-refractivity contribution in [3.05, 3.63) is 24.7 Å². The van der Waals surface area contributed by atoms with E-state index >= 15 is 0 Å². The van der Waals surface area contributed by atoms with Gasteiger partial charge < -0.3 is 10.0 Å². The van der Waals surface area contributed by atoms with Crippen LogP contribution in [-0.4, -0.2) is 38.9 Å².